The molecule has 0 bridgehead atoms. The molecular formula is C19H15N3O5S2. The van der Waals surface area contributed by atoms with Gasteiger partial charge in [0.2, 0.25) is 5.91 Å². The quantitative estimate of drug-likeness (QED) is 0.470. The van der Waals surface area contributed by atoms with Crippen LogP contribution in [0.3, 0.4) is 0 Å². The molecule has 0 aromatic carbocycles. The molecule has 1 amide bonds. The van der Waals surface area contributed by atoms with Gasteiger partial charge in [0.05, 0.1) is 24.7 Å². The molecule has 0 saturated carbocycles. The molecule has 4 aromatic heterocycles. The average molecular weight is 429 g/mol. The maximum absolute atomic E-state index is 12.6. The zero-order valence-electron chi connectivity index (χ0n) is 15.2. The van der Waals surface area contributed by atoms with Crippen LogP contribution in [0.25, 0.3) is 21.5 Å². The van der Waals surface area contributed by atoms with Gasteiger partial charge >= 0.3 is 5.97 Å². The highest BCUT2D eigenvalue weighted by atomic mass is 32.1. The van der Waals surface area contributed by atoms with E-state index in [2.05, 4.69) is 10.3 Å². The number of carbonyl (C=O) groups excluding carboxylic acids is 2. The van der Waals surface area contributed by atoms with E-state index in [9.17, 15) is 14.4 Å². The molecular weight excluding hydrogens is 414 g/mol. The molecule has 4 rings (SSSR count). The lowest BCUT2D eigenvalue weighted by Crippen LogP contribution is -2.27. The Kier molecular flexibility index (Phi) is 5.28. The molecule has 4 aromatic rings. The summed E-state index contributed by atoms with van der Waals surface area (Å²) in [6.07, 6.45) is 2.84. The Balaban J connectivity index is 1.61. The van der Waals surface area contributed by atoms with Gasteiger partial charge in [0.1, 0.15) is 27.6 Å². The van der Waals surface area contributed by atoms with Gasteiger partial charge in [0, 0.05) is 10.9 Å². The SMILES string of the molecule is CCOC(=O)c1c(-c2ccco2)csc1NC(=O)Cn1cnc2ccsc2c1=O. The van der Waals surface area contributed by atoms with Crippen molar-refractivity contribution in [2.24, 2.45) is 0 Å². The number of fused-ring (bicyclic) bond motifs is 1. The van der Waals surface area contributed by atoms with Crippen LogP contribution in [-0.2, 0) is 16.1 Å². The van der Waals surface area contributed by atoms with E-state index in [-0.39, 0.29) is 24.3 Å². The van der Waals surface area contributed by atoms with E-state index in [1.807, 2.05) is 0 Å². The van der Waals surface area contributed by atoms with Crippen molar-refractivity contribution in [3.63, 3.8) is 0 Å². The Morgan fingerprint density at radius 1 is 1.31 bits per heavy atom. The molecule has 0 aliphatic carbocycles. The molecule has 0 aliphatic rings. The van der Waals surface area contributed by atoms with Crippen LogP contribution in [0.4, 0.5) is 5.00 Å². The van der Waals surface area contributed by atoms with Crippen molar-refractivity contribution >= 4 is 49.8 Å². The highest BCUT2D eigenvalue weighted by Gasteiger charge is 2.24. The smallest absolute Gasteiger partial charge is 0.341 e. The number of furan rings is 1. The summed E-state index contributed by atoms with van der Waals surface area (Å²) in [6.45, 7) is 1.67. The number of rotatable bonds is 6. The largest absolute Gasteiger partial charge is 0.464 e. The topological polar surface area (TPSA) is 103 Å². The van der Waals surface area contributed by atoms with Crippen molar-refractivity contribution < 1.29 is 18.7 Å². The van der Waals surface area contributed by atoms with Gasteiger partial charge in [-0.05, 0) is 30.5 Å². The number of thiophene rings is 2. The first-order chi connectivity index (χ1) is 14.1. The third-order valence-corrected chi connectivity index (χ3v) is 5.85. The average Bonchev–Trinajstić information content (AvgIpc) is 3.44. The van der Waals surface area contributed by atoms with Crippen molar-refractivity contribution in [1.29, 1.82) is 0 Å². The van der Waals surface area contributed by atoms with Gasteiger partial charge in [-0.1, -0.05) is 0 Å². The van der Waals surface area contributed by atoms with E-state index in [1.165, 1.54) is 39.8 Å². The molecule has 148 valence electrons. The number of hydrogen-bond donors (Lipinski definition) is 1. The van der Waals surface area contributed by atoms with Crippen LogP contribution in [0.1, 0.15) is 17.3 Å². The van der Waals surface area contributed by atoms with Gasteiger partial charge in [0.25, 0.3) is 5.56 Å². The van der Waals surface area contributed by atoms with Crippen molar-refractivity contribution in [2.45, 2.75) is 13.5 Å². The van der Waals surface area contributed by atoms with Gasteiger partial charge in [-0.2, -0.15) is 0 Å². The second-order valence-electron chi connectivity index (χ2n) is 5.91. The summed E-state index contributed by atoms with van der Waals surface area (Å²) in [7, 11) is 0. The number of hydrogen-bond acceptors (Lipinski definition) is 8. The maximum atomic E-state index is 12.6. The molecule has 0 spiro atoms. The maximum Gasteiger partial charge on any atom is 0.341 e. The van der Waals surface area contributed by atoms with Gasteiger partial charge < -0.3 is 14.5 Å². The van der Waals surface area contributed by atoms with Gasteiger partial charge in [-0.25, -0.2) is 9.78 Å². The highest BCUT2D eigenvalue weighted by molar-refractivity contribution is 7.17. The molecule has 0 atom stereocenters. The first-order valence-corrected chi connectivity index (χ1v) is 10.4. The summed E-state index contributed by atoms with van der Waals surface area (Å²) in [5.41, 5.74) is 1.07. The minimum atomic E-state index is -0.561. The molecule has 0 saturated heterocycles. The second kappa shape index (κ2) is 8.02. The minimum absolute atomic E-state index is 0.196. The lowest BCUT2D eigenvalue weighted by molar-refractivity contribution is -0.116. The number of esters is 1. The van der Waals surface area contributed by atoms with Crippen molar-refractivity contribution in [1.82, 2.24) is 9.55 Å². The Bertz CT molecular complexity index is 1240. The van der Waals surface area contributed by atoms with Crippen molar-refractivity contribution in [2.75, 3.05) is 11.9 Å². The molecule has 0 aliphatic heterocycles. The number of nitrogens with one attached hydrogen (secondary N) is 1. The number of ether oxygens (including phenoxy) is 1. The van der Waals surface area contributed by atoms with Crippen LogP contribution < -0.4 is 10.9 Å². The number of carbonyl (C=O) groups is 2. The third-order valence-electron chi connectivity index (χ3n) is 4.06. The Hall–Kier alpha value is -3.24. The third kappa shape index (κ3) is 3.71. The predicted octanol–water partition coefficient (Wildman–Crippen LogP) is 3.59. The predicted molar refractivity (Wildman–Crippen MR) is 110 cm³/mol. The summed E-state index contributed by atoms with van der Waals surface area (Å²) >= 11 is 2.46. The fourth-order valence-electron chi connectivity index (χ4n) is 2.78. The van der Waals surface area contributed by atoms with Gasteiger partial charge in [-0.15, -0.1) is 22.7 Å². The standard InChI is InChI=1S/C19H15N3O5S2/c1-2-26-19(25)15-11(13-4-3-6-27-13)9-29-17(15)21-14(23)8-22-10-20-12-5-7-28-16(12)18(22)24/h3-7,9-10H,2,8H2,1H3,(H,21,23). The summed E-state index contributed by atoms with van der Waals surface area (Å²) in [5, 5.41) is 6.52. The van der Waals surface area contributed by atoms with Crippen molar-refractivity contribution in [3.8, 4) is 11.3 Å². The van der Waals surface area contributed by atoms with E-state index >= 15 is 0 Å². The lowest BCUT2D eigenvalue weighted by atomic mass is 10.1. The van der Waals surface area contributed by atoms with Crippen molar-refractivity contribution in [3.05, 3.63) is 57.5 Å². The number of anilines is 1. The van der Waals surface area contributed by atoms with Crippen LogP contribution >= 0.6 is 22.7 Å². The van der Waals surface area contributed by atoms with Crippen LogP contribution in [0.15, 0.2) is 50.8 Å². The van der Waals surface area contributed by atoms with E-state index < -0.39 is 11.9 Å². The van der Waals surface area contributed by atoms with Crippen LogP contribution in [0, 0.1) is 0 Å². The lowest BCUT2D eigenvalue weighted by Gasteiger charge is -2.09. The highest BCUT2D eigenvalue weighted by Crippen LogP contribution is 2.36. The molecule has 0 radical (unpaired) electrons. The monoisotopic (exact) mass is 429 g/mol. The zero-order chi connectivity index (χ0) is 20.4. The fourth-order valence-corrected chi connectivity index (χ4v) is 4.53. The molecule has 0 unspecified atom stereocenters. The number of aromatic nitrogens is 2. The molecule has 0 fully saturated rings. The summed E-state index contributed by atoms with van der Waals surface area (Å²) < 4.78 is 12.2. The van der Waals surface area contributed by atoms with E-state index in [0.717, 1.165) is 0 Å². The van der Waals surface area contributed by atoms with E-state index in [0.29, 0.717) is 26.5 Å². The summed E-state index contributed by atoms with van der Waals surface area (Å²) in [5.74, 6) is -0.522. The van der Waals surface area contributed by atoms with Crippen LogP contribution in [0.5, 0.6) is 0 Å². The van der Waals surface area contributed by atoms with Gasteiger partial charge in [-0.3, -0.25) is 14.2 Å². The number of nitrogens with zero attached hydrogens (tertiary/aromatic N) is 2. The summed E-state index contributed by atoms with van der Waals surface area (Å²) in [4.78, 5) is 41.7. The molecule has 8 nitrogen and oxygen atoms in total. The number of amides is 1. The zero-order valence-corrected chi connectivity index (χ0v) is 16.8. The molecule has 10 heteroatoms. The first-order valence-electron chi connectivity index (χ1n) is 8.63. The molecule has 29 heavy (non-hydrogen) atoms. The second-order valence-corrected chi connectivity index (χ2v) is 7.71. The van der Waals surface area contributed by atoms with E-state index in [4.69, 9.17) is 9.15 Å². The van der Waals surface area contributed by atoms with Gasteiger partial charge in [0.15, 0.2) is 0 Å². The Morgan fingerprint density at radius 3 is 2.93 bits per heavy atom. The fraction of sp³-hybridized carbons (Fsp3) is 0.158. The molecule has 1 N–H and O–H groups in total. The minimum Gasteiger partial charge on any atom is -0.464 e. The summed E-state index contributed by atoms with van der Waals surface area (Å²) in [6, 6.07) is 5.18. The molecule has 4 heterocycles. The first kappa shape index (κ1) is 19.1. The normalized spacial score (nSPS) is 10.9. The Morgan fingerprint density at radius 2 is 2.17 bits per heavy atom. The van der Waals surface area contributed by atoms with Crippen LogP contribution in [0.2, 0.25) is 0 Å². The van der Waals surface area contributed by atoms with E-state index in [1.54, 1.807) is 35.9 Å². The van der Waals surface area contributed by atoms with Crippen LogP contribution in [-0.4, -0.2) is 28.0 Å². The Labute approximate surface area is 172 Å².